The largest absolute Gasteiger partial charge is 0.456 e. The van der Waals surface area contributed by atoms with E-state index < -0.39 is 36.6 Å². The molecule has 168 valence electrons. The van der Waals surface area contributed by atoms with Gasteiger partial charge in [0.1, 0.15) is 18.2 Å². The van der Waals surface area contributed by atoms with Gasteiger partial charge in [-0.2, -0.15) is 4.57 Å². The maximum Gasteiger partial charge on any atom is 0.216 e. The van der Waals surface area contributed by atoms with Crippen LogP contribution in [0, 0.1) is 26.3 Å². The summed E-state index contributed by atoms with van der Waals surface area (Å²) in [4.78, 5) is 3.62. The molecule has 0 atom stereocenters. The average Bonchev–Trinajstić information content (AvgIpc) is 3.31. The van der Waals surface area contributed by atoms with Crippen LogP contribution in [0.3, 0.4) is 0 Å². The second kappa shape index (κ2) is 8.47. The Balaban J connectivity index is 1.89. The molecule has 0 N–H and O–H groups in total. The van der Waals surface area contributed by atoms with Gasteiger partial charge in [-0.05, 0) is 36.4 Å². The highest BCUT2D eigenvalue weighted by Gasteiger charge is 2.24. The van der Waals surface area contributed by atoms with Crippen LogP contribution in [-0.4, -0.2) is 0 Å². The molecule has 34 heavy (non-hydrogen) atoms. The van der Waals surface area contributed by atoms with Crippen LogP contribution >= 0.6 is 0 Å². The van der Waals surface area contributed by atoms with Crippen molar-refractivity contribution in [1.29, 1.82) is 0 Å². The number of aromatic nitrogens is 1. The molecule has 2 aromatic heterocycles. The van der Waals surface area contributed by atoms with Crippen LogP contribution in [0.5, 0.6) is 0 Å². The summed E-state index contributed by atoms with van der Waals surface area (Å²) in [5.74, 6) is -0.218. The van der Waals surface area contributed by atoms with E-state index >= 15 is 0 Å². The van der Waals surface area contributed by atoms with Gasteiger partial charge < -0.3 is 4.42 Å². The minimum Gasteiger partial charge on any atom is -0.456 e. The summed E-state index contributed by atoms with van der Waals surface area (Å²) in [6.45, 7) is 15.4. The number of pyridine rings is 1. The van der Waals surface area contributed by atoms with Gasteiger partial charge in [0.25, 0.3) is 0 Å². The van der Waals surface area contributed by atoms with Crippen LogP contribution in [0.25, 0.3) is 49.2 Å². The Hall–Kier alpha value is -3.90. The molecule has 0 fully saturated rings. The lowest BCUT2D eigenvalue weighted by Gasteiger charge is -2.11. The van der Waals surface area contributed by atoms with Crippen LogP contribution in [0.1, 0.15) is 40.3 Å². The molecule has 0 unspecified atom stereocenters. The molecule has 0 saturated carbocycles. The molecule has 0 amide bonds. The third-order valence-electron chi connectivity index (χ3n) is 6.23. The quantitative estimate of drug-likeness (QED) is 0.199. The smallest absolute Gasteiger partial charge is 0.216 e. The topological polar surface area (TPSA) is 21.4 Å². The molecule has 0 saturated heterocycles. The van der Waals surface area contributed by atoms with Crippen molar-refractivity contribution >= 4 is 27.6 Å². The van der Waals surface area contributed by atoms with E-state index in [1.54, 1.807) is 12.1 Å². The summed E-state index contributed by atoms with van der Waals surface area (Å²) in [5.41, 5.74) is 4.91. The first-order chi connectivity index (χ1) is 19.2. The Kier molecular flexibility index (Phi) is 3.76. The monoisotopic (exact) mass is 452 g/mol. The average molecular weight is 453 g/mol. The lowest BCUT2D eigenvalue weighted by Crippen LogP contribution is -2.36. The van der Waals surface area contributed by atoms with Gasteiger partial charge >= 0.3 is 0 Å². The fraction of sp³-hybridized carbons (Fsp3) is 0.226. The van der Waals surface area contributed by atoms with Gasteiger partial charge in [0, 0.05) is 37.6 Å². The van der Waals surface area contributed by atoms with Gasteiger partial charge in [-0.3, -0.25) is 0 Å². The lowest BCUT2D eigenvalue weighted by atomic mass is 9.96. The number of fused-ring (bicyclic) bond motifs is 3. The van der Waals surface area contributed by atoms with Crippen molar-refractivity contribution in [3.8, 4) is 22.4 Å². The Morgan fingerprint density at radius 2 is 1.65 bits per heavy atom. The van der Waals surface area contributed by atoms with Crippen LogP contribution in [0.2, 0.25) is 0 Å². The minimum atomic E-state index is -1.52. The zero-order valence-corrected chi connectivity index (χ0v) is 19.8. The van der Waals surface area contributed by atoms with Crippen molar-refractivity contribution < 1.29 is 18.6 Å². The summed E-state index contributed by atoms with van der Waals surface area (Å²) < 4.78 is 67.3. The maximum atomic E-state index is 8.64. The maximum absolute atomic E-state index is 8.64. The molecule has 0 aliphatic heterocycles. The number of furan rings is 1. The highest BCUT2D eigenvalue weighted by atomic mass is 16.3. The molecule has 2 heterocycles. The van der Waals surface area contributed by atoms with Crippen LogP contribution in [-0.2, 0) is 13.4 Å². The van der Waals surface area contributed by atoms with Gasteiger partial charge in [0.2, 0.25) is 5.69 Å². The third kappa shape index (κ3) is 3.47. The van der Waals surface area contributed by atoms with E-state index in [0.29, 0.717) is 16.5 Å². The second-order valence-electron chi connectivity index (χ2n) is 8.76. The molecule has 3 nitrogen and oxygen atoms in total. The minimum absolute atomic E-state index is 0.0772. The summed E-state index contributed by atoms with van der Waals surface area (Å²) >= 11 is 0. The fourth-order valence-electron chi connectivity index (χ4n) is 4.49. The van der Waals surface area contributed by atoms with Gasteiger partial charge in [-0.15, -0.1) is 0 Å². The Labute approximate surface area is 210 Å². The van der Waals surface area contributed by atoms with E-state index in [1.165, 1.54) is 0 Å². The highest BCUT2D eigenvalue weighted by molar-refractivity contribution is 6.15. The van der Waals surface area contributed by atoms with E-state index in [-0.39, 0.29) is 28.3 Å². The summed E-state index contributed by atoms with van der Waals surface area (Å²) in [5, 5.41) is 1.41. The molecule has 3 heteroatoms. The number of nitrogens with zero attached hydrogens (tertiary/aromatic N) is 2. The van der Waals surface area contributed by atoms with E-state index in [2.05, 4.69) is 4.85 Å². The van der Waals surface area contributed by atoms with Crippen LogP contribution in [0.4, 0.5) is 5.69 Å². The van der Waals surface area contributed by atoms with Crippen molar-refractivity contribution in [2.24, 2.45) is 13.0 Å². The van der Waals surface area contributed by atoms with E-state index in [4.69, 9.17) is 20.6 Å². The van der Waals surface area contributed by atoms with E-state index in [0.717, 1.165) is 27.9 Å². The van der Waals surface area contributed by atoms with Crippen molar-refractivity contribution in [3.63, 3.8) is 0 Å². The SMILES string of the molecule is [2H]c1c([2H])c([2H])c(-c2c([N+]#[C-])ccc3c2oc2c(-c4ccc(C([2H])([2H])C(C)C)c(C)[n+]4C)c(C)ccc23)c([2H])c1[2H]. The zero-order chi connectivity index (χ0) is 30.1. The first kappa shape index (κ1) is 15.1. The lowest BCUT2D eigenvalue weighted by molar-refractivity contribution is -0.667. The molecular formula is C31H29N2O+. The predicted molar refractivity (Wildman–Crippen MR) is 140 cm³/mol. The molecule has 5 aromatic rings. The number of hydrogen-bond donors (Lipinski definition) is 0. The van der Waals surface area contributed by atoms with E-state index in [1.807, 2.05) is 63.6 Å². The van der Waals surface area contributed by atoms with Gasteiger partial charge in [-0.25, -0.2) is 4.85 Å². The first-order valence-corrected chi connectivity index (χ1v) is 11.2. The third-order valence-corrected chi connectivity index (χ3v) is 6.23. The first-order valence-electron chi connectivity index (χ1n) is 14.7. The van der Waals surface area contributed by atoms with Crippen molar-refractivity contribution in [2.45, 2.75) is 34.1 Å². The van der Waals surface area contributed by atoms with Crippen molar-refractivity contribution in [1.82, 2.24) is 0 Å². The summed E-state index contributed by atoms with van der Waals surface area (Å²) in [7, 11) is 1.89. The number of aryl methyl sites for hydroxylation is 1. The normalized spacial score (nSPS) is 14.8. The number of benzene rings is 3. The zero-order valence-electron chi connectivity index (χ0n) is 26.8. The molecule has 3 aromatic carbocycles. The molecule has 0 aliphatic rings. The highest BCUT2D eigenvalue weighted by Crippen LogP contribution is 2.44. The van der Waals surface area contributed by atoms with Crippen LogP contribution in [0.15, 0.2) is 71.0 Å². The number of rotatable bonds is 4. The Morgan fingerprint density at radius 3 is 2.32 bits per heavy atom. The Morgan fingerprint density at radius 1 is 0.971 bits per heavy atom. The van der Waals surface area contributed by atoms with Crippen molar-refractivity contribution in [3.05, 3.63) is 94.8 Å². The summed E-state index contributed by atoms with van der Waals surface area (Å²) in [6, 6.07) is 8.68. The van der Waals surface area contributed by atoms with E-state index in [9.17, 15) is 0 Å². The molecule has 0 spiro atoms. The van der Waals surface area contributed by atoms with Crippen LogP contribution < -0.4 is 4.57 Å². The fourth-order valence-corrected chi connectivity index (χ4v) is 4.49. The molecular weight excluding hydrogens is 416 g/mol. The van der Waals surface area contributed by atoms with Gasteiger partial charge in [0.15, 0.2) is 11.4 Å². The molecule has 5 rings (SSSR count). The molecule has 0 bridgehead atoms. The second-order valence-corrected chi connectivity index (χ2v) is 8.76. The predicted octanol–water partition coefficient (Wildman–Crippen LogP) is 8.11. The number of hydrogen-bond acceptors (Lipinski definition) is 1. The molecule has 0 aliphatic carbocycles. The van der Waals surface area contributed by atoms with Crippen molar-refractivity contribution in [2.75, 3.05) is 0 Å². The van der Waals surface area contributed by atoms with Gasteiger partial charge in [0.05, 0.1) is 19.0 Å². The standard InChI is InChI=1S/C31H29N2O/c1-19(2)18-23-13-17-27(33(6)21(23)4)28-20(3)12-14-24-25-15-16-26(32-5)29(31(25)34-30(24)28)22-10-8-7-9-11-22/h7-17,19H,18H2,1-4,6H3/q+1/i7D,8D,9D,10D,11D,18D2. The molecule has 0 radical (unpaired) electrons. The Bertz CT molecular complexity index is 1920. The summed E-state index contributed by atoms with van der Waals surface area (Å²) in [6.07, 6.45) is -1.52. The van der Waals surface area contributed by atoms with Gasteiger partial charge in [-0.1, -0.05) is 68.3 Å².